The van der Waals surface area contributed by atoms with Crippen molar-refractivity contribution in [3.63, 3.8) is 0 Å². The van der Waals surface area contributed by atoms with Crippen molar-refractivity contribution in [2.75, 3.05) is 23.7 Å². The van der Waals surface area contributed by atoms with Gasteiger partial charge in [0.05, 0.1) is 32.2 Å². The monoisotopic (exact) mass is 994 g/mol. The van der Waals surface area contributed by atoms with Crippen molar-refractivity contribution in [2.45, 2.75) is 79.4 Å². The van der Waals surface area contributed by atoms with Gasteiger partial charge in [-0.25, -0.2) is 4.79 Å². The van der Waals surface area contributed by atoms with Crippen LogP contribution in [0.25, 0.3) is 27.1 Å². The van der Waals surface area contributed by atoms with E-state index in [1.54, 1.807) is 43.0 Å². The smallest absolute Gasteiger partial charge is 0.335 e. The van der Waals surface area contributed by atoms with Crippen molar-refractivity contribution in [3.8, 4) is 0 Å². The van der Waals surface area contributed by atoms with E-state index in [9.17, 15) is 61.8 Å². The number of hydrogen-bond donors (Lipinski definition) is 5. The van der Waals surface area contributed by atoms with Gasteiger partial charge in [-0.3, -0.25) is 23.2 Å². The summed E-state index contributed by atoms with van der Waals surface area (Å²) >= 11 is 0. The fourth-order valence-corrected chi connectivity index (χ4v) is 11.6. The molecule has 0 unspecified atom stereocenters. The summed E-state index contributed by atoms with van der Waals surface area (Å²) in [7, 11) is -19.0. The molecule has 0 bridgehead atoms. The Morgan fingerprint density at radius 3 is 2.04 bits per heavy atom. The summed E-state index contributed by atoms with van der Waals surface area (Å²) in [6.07, 6.45) is 9.83. The first kappa shape index (κ1) is 49.3. The molecule has 2 aliphatic heterocycles. The number of unbranched alkanes of at least 4 members (excludes halogenated alkanes) is 1. The van der Waals surface area contributed by atoms with Crippen molar-refractivity contribution in [1.82, 2.24) is 4.98 Å². The number of rotatable bonds is 15. The summed E-state index contributed by atoms with van der Waals surface area (Å²) in [4.78, 5) is 16.6. The van der Waals surface area contributed by atoms with Crippen molar-refractivity contribution in [3.05, 3.63) is 125 Å². The fraction of sp³-hybridized carbons (Fsp3) is 0.283. The third kappa shape index (κ3) is 9.59. The van der Waals surface area contributed by atoms with Gasteiger partial charge in [0.2, 0.25) is 5.69 Å². The molecule has 4 aromatic carbocycles. The number of allylic oxidation sites excluding steroid dienone is 6. The van der Waals surface area contributed by atoms with Crippen LogP contribution in [0, 0.1) is 0 Å². The number of hydrogen-bond acceptors (Lipinski definition) is 11. The van der Waals surface area contributed by atoms with E-state index in [1.165, 1.54) is 42.6 Å². The average molecular weight is 995 g/mol. The number of fused-ring (bicyclic) bond motifs is 6. The van der Waals surface area contributed by atoms with Gasteiger partial charge in [0.25, 0.3) is 40.5 Å². The fourth-order valence-electron chi connectivity index (χ4n) is 9.21. The Bertz CT molecular complexity index is 3520. The molecule has 0 spiro atoms. The first-order valence-corrected chi connectivity index (χ1v) is 26.8. The van der Waals surface area contributed by atoms with E-state index in [4.69, 9.17) is 0 Å². The standard InChI is InChI=1S/C46H47N3O14S4/c1-6-7-21-48-37-15-10-28-9-13-31(65(55,56)57)25-34(28)42(37)45(2,3)40(48)17-11-29(36-24-30(44(50)51)19-20-47-36)12-18-41-46(4,5)43-35-26-32(66(58,59)60)27-39(67(61,62)63)33(35)14-16-38(43)49(41)22-8-23-64(52,53)54/h9-20,24-27H,6-8,21-23H2,1-5H3,(H4-,50,51,52,53,54,55,56,57,58,59,60,61,62,63)/p+1. The summed E-state index contributed by atoms with van der Waals surface area (Å²) in [5, 5.41) is 11.3. The van der Waals surface area contributed by atoms with Gasteiger partial charge in [0, 0.05) is 64.6 Å². The second-order valence-corrected chi connectivity index (χ2v) is 23.2. The highest BCUT2D eigenvalue weighted by Gasteiger charge is 2.46. The third-order valence-electron chi connectivity index (χ3n) is 12.3. The summed E-state index contributed by atoms with van der Waals surface area (Å²) < 4.78 is 141. The van der Waals surface area contributed by atoms with Crippen LogP contribution in [0.3, 0.4) is 0 Å². The second kappa shape index (κ2) is 17.5. The predicted molar refractivity (Wildman–Crippen MR) is 253 cm³/mol. The zero-order valence-corrected chi connectivity index (χ0v) is 40.1. The Kier molecular flexibility index (Phi) is 12.8. The highest BCUT2D eigenvalue weighted by Crippen LogP contribution is 2.52. The van der Waals surface area contributed by atoms with Crippen molar-refractivity contribution >= 4 is 90.6 Å². The van der Waals surface area contributed by atoms with E-state index in [0.717, 1.165) is 41.3 Å². The topological polar surface area (TPSA) is 274 Å². The van der Waals surface area contributed by atoms with Gasteiger partial charge in [-0.05, 0) is 103 Å². The van der Waals surface area contributed by atoms with Gasteiger partial charge in [-0.15, -0.1) is 0 Å². The Morgan fingerprint density at radius 1 is 0.746 bits per heavy atom. The number of aromatic nitrogens is 1. The van der Waals surface area contributed by atoms with Crippen LogP contribution in [0.5, 0.6) is 0 Å². The highest BCUT2D eigenvalue weighted by atomic mass is 32.2. The van der Waals surface area contributed by atoms with E-state index < -0.39 is 72.8 Å². The third-order valence-corrected chi connectivity index (χ3v) is 15.6. The molecule has 21 heteroatoms. The normalized spacial score (nSPS) is 17.0. The van der Waals surface area contributed by atoms with Crippen LogP contribution in [0.2, 0.25) is 0 Å². The van der Waals surface area contributed by atoms with E-state index in [0.29, 0.717) is 40.5 Å². The lowest BCUT2D eigenvalue weighted by Crippen LogP contribution is -2.28. The number of aromatic carboxylic acids is 1. The number of carbonyl (C=O) groups is 1. The molecule has 0 atom stereocenters. The molecular weight excluding hydrogens is 947 g/mol. The molecule has 5 aromatic rings. The Labute approximate surface area is 388 Å². The first-order chi connectivity index (χ1) is 31.1. The van der Waals surface area contributed by atoms with Crippen molar-refractivity contribution < 1.29 is 66.4 Å². The molecule has 17 nitrogen and oxygen atoms in total. The molecule has 67 heavy (non-hydrogen) atoms. The number of pyridine rings is 1. The lowest BCUT2D eigenvalue weighted by Gasteiger charge is -2.27. The molecule has 5 N–H and O–H groups in total. The number of benzene rings is 4. The number of carboxylic acid groups (broad SMARTS) is 1. The lowest BCUT2D eigenvalue weighted by molar-refractivity contribution is -0.438. The number of carboxylic acids is 1. The van der Waals surface area contributed by atoms with E-state index >= 15 is 0 Å². The Hall–Kier alpha value is -5.65. The lowest BCUT2D eigenvalue weighted by atomic mass is 9.79. The number of nitrogens with zero attached hydrogens (tertiary/aromatic N) is 3. The summed E-state index contributed by atoms with van der Waals surface area (Å²) in [5.41, 5.74) is 2.24. The maximum absolute atomic E-state index is 12.7. The molecule has 2 aliphatic rings. The molecule has 0 saturated carbocycles. The minimum Gasteiger partial charge on any atom is -0.478 e. The quantitative estimate of drug-likeness (QED) is 0.0384. The molecular formula is C46H48N3O14S4+. The molecule has 0 fully saturated rings. The van der Waals surface area contributed by atoms with Crippen LogP contribution in [0.15, 0.2) is 118 Å². The van der Waals surface area contributed by atoms with Crippen LogP contribution in [0.1, 0.15) is 81.1 Å². The highest BCUT2D eigenvalue weighted by molar-refractivity contribution is 7.87. The average Bonchev–Trinajstić information content (AvgIpc) is 3.58. The van der Waals surface area contributed by atoms with Gasteiger partial charge in [-0.2, -0.15) is 38.2 Å². The van der Waals surface area contributed by atoms with Crippen LogP contribution >= 0.6 is 0 Å². The molecule has 0 radical (unpaired) electrons. The van der Waals surface area contributed by atoms with Crippen LogP contribution < -0.4 is 4.90 Å². The second-order valence-electron chi connectivity index (χ2n) is 17.4. The van der Waals surface area contributed by atoms with Gasteiger partial charge in [-0.1, -0.05) is 45.4 Å². The zero-order valence-electron chi connectivity index (χ0n) is 36.9. The van der Waals surface area contributed by atoms with Crippen LogP contribution in [0.4, 0.5) is 11.4 Å². The van der Waals surface area contributed by atoms with Crippen LogP contribution in [-0.4, -0.2) is 97.1 Å². The van der Waals surface area contributed by atoms with Gasteiger partial charge in [0.15, 0.2) is 5.71 Å². The maximum atomic E-state index is 12.7. The summed E-state index contributed by atoms with van der Waals surface area (Å²) in [6.45, 7) is 10.0. The molecule has 0 aliphatic carbocycles. The largest absolute Gasteiger partial charge is 0.478 e. The SMILES string of the molecule is CCCC[N+]1=C(/C=C/C(=C/C=C2/N(CCCS(=O)(=O)O)c3ccc4c(S(=O)(=O)O)cc(S(=O)(=O)O)cc4c3C2(C)C)c2cc(C(=O)O)ccn2)C(C)(C)c2c1ccc1ccc(S(=O)(=O)O)cc21. The predicted octanol–water partition coefficient (Wildman–Crippen LogP) is 7.60. The van der Waals surface area contributed by atoms with Gasteiger partial charge >= 0.3 is 5.97 Å². The molecule has 0 amide bonds. The maximum Gasteiger partial charge on any atom is 0.335 e. The van der Waals surface area contributed by atoms with E-state index in [2.05, 4.69) is 9.56 Å². The molecule has 7 rings (SSSR count). The first-order valence-electron chi connectivity index (χ1n) is 20.8. The van der Waals surface area contributed by atoms with E-state index in [-0.39, 0.29) is 39.9 Å². The van der Waals surface area contributed by atoms with Gasteiger partial charge in [0.1, 0.15) is 11.4 Å². The molecule has 3 heterocycles. The molecule has 1 aromatic heterocycles. The Balaban J connectivity index is 1.47. The molecule has 0 saturated heterocycles. The zero-order chi connectivity index (χ0) is 49.2. The minimum atomic E-state index is -5.06. The number of anilines is 1. The summed E-state index contributed by atoms with van der Waals surface area (Å²) in [6, 6.07) is 15.6. The summed E-state index contributed by atoms with van der Waals surface area (Å²) in [5.74, 6) is -1.85. The molecule has 354 valence electrons. The minimum absolute atomic E-state index is 0.0352. The van der Waals surface area contributed by atoms with Crippen molar-refractivity contribution in [2.24, 2.45) is 0 Å². The Morgan fingerprint density at radius 2 is 1.42 bits per heavy atom. The van der Waals surface area contributed by atoms with E-state index in [1.807, 2.05) is 39.0 Å². The van der Waals surface area contributed by atoms with Gasteiger partial charge < -0.3 is 10.0 Å². The van der Waals surface area contributed by atoms with Crippen molar-refractivity contribution in [1.29, 1.82) is 0 Å². The van der Waals surface area contributed by atoms with Crippen LogP contribution in [-0.2, 0) is 51.3 Å².